The van der Waals surface area contributed by atoms with Crippen LogP contribution in [0.5, 0.6) is 0 Å². The number of aliphatic carboxylic acids is 1. The van der Waals surface area contributed by atoms with Crippen molar-refractivity contribution in [2.75, 3.05) is 18.4 Å². The van der Waals surface area contributed by atoms with Gasteiger partial charge in [-0.15, -0.1) is 11.3 Å². The minimum absolute atomic E-state index is 0.172. The summed E-state index contributed by atoms with van der Waals surface area (Å²) in [5.74, 6) is -1.17. The van der Waals surface area contributed by atoms with Gasteiger partial charge in [0.2, 0.25) is 0 Å². The first-order valence-corrected chi connectivity index (χ1v) is 9.16. The zero-order valence-electron chi connectivity index (χ0n) is 14.0. The van der Waals surface area contributed by atoms with E-state index in [4.69, 9.17) is 0 Å². The number of likely N-dealkylation sites (tertiary alicyclic amines) is 1. The number of rotatable bonds is 4. The molecule has 0 bridgehead atoms. The zero-order chi connectivity index (χ0) is 17.8. The molecule has 25 heavy (non-hydrogen) atoms. The molecular formula is C18H21N3O3S. The molecule has 1 fully saturated rings. The number of carbonyl (C=O) groups excluding carboxylic acids is 1. The van der Waals surface area contributed by atoms with Crippen LogP contribution in [0.3, 0.4) is 0 Å². The number of hydrogen-bond acceptors (Lipinski definition) is 4. The molecular weight excluding hydrogens is 338 g/mol. The molecule has 1 aromatic carbocycles. The maximum absolute atomic E-state index is 12.4. The molecule has 2 unspecified atom stereocenters. The van der Waals surface area contributed by atoms with E-state index in [-0.39, 0.29) is 18.5 Å². The third-order valence-corrected chi connectivity index (χ3v) is 5.10. The van der Waals surface area contributed by atoms with Gasteiger partial charge in [0.25, 0.3) is 0 Å². The summed E-state index contributed by atoms with van der Waals surface area (Å²) in [5, 5.41) is 14.5. The Bertz CT molecular complexity index is 747. The molecule has 1 aliphatic rings. The monoisotopic (exact) mass is 359 g/mol. The second-order valence-corrected chi connectivity index (χ2v) is 7.38. The van der Waals surface area contributed by atoms with E-state index in [0.29, 0.717) is 18.1 Å². The highest BCUT2D eigenvalue weighted by Crippen LogP contribution is 2.24. The predicted octanol–water partition coefficient (Wildman–Crippen LogP) is 3.31. The molecule has 0 spiro atoms. The van der Waals surface area contributed by atoms with Crippen molar-refractivity contribution in [1.82, 2.24) is 9.88 Å². The van der Waals surface area contributed by atoms with Gasteiger partial charge in [-0.1, -0.05) is 37.3 Å². The third-order valence-electron chi connectivity index (χ3n) is 4.29. The number of anilines is 1. The molecule has 3 rings (SSSR count). The Labute approximate surface area is 150 Å². The topological polar surface area (TPSA) is 82.5 Å². The molecule has 2 heterocycles. The molecule has 6 nitrogen and oxygen atoms in total. The van der Waals surface area contributed by atoms with Gasteiger partial charge in [-0.25, -0.2) is 9.78 Å². The highest BCUT2D eigenvalue weighted by molar-refractivity contribution is 7.13. The minimum Gasteiger partial charge on any atom is -0.481 e. The van der Waals surface area contributed by atoms with Crippen molar-refractivity contribution >= 4 is 28.5 Å². The number of carboxylic acids is 1. The standard InChI is InChI=1S/C18H21N3O3S/c1-12-7-14(16(22)23)10-21(9-12)18(24)20-17-19-15(11-25-17)8-13-5-3-2-4-6-13/h2-6,11-12,14H,7-10H2,1H3,(H,22,23)(H,19,20,24). The van der Waals surface area contributed by atoms with Crippen molar-refractivity contribution < 1.29 is 14.7 Å². The number of carbonyl (C=O) groups is 2. The maximum atomic E-state index is 12.4. The van der Waals surface area contributed by atoms with Crippen LogP contribution in [0.1, 0.15) is 24.6 Å². The van der Waals surface area contributed by atoms with Crippen molar-refractivity contribution in [2.24, 2.45) is 11.8 Å². The van der Waals surface area contributed by atoms with Crippen molar-refractivity contribution in [1.29, 1.82) is 0 Å². The van der Waals surface area contributed by atoms with Gasteiger partial charge in [-0.3, -0.25) is 10.1 Å². The summed E-state index contributed by atoms with van der Waals surface area (Å²) in [4.78, 5) is 29.7. The van der Waals surface area contributed by atoms with Crippen LogP contribution in [0.25, 0.3) is 0 Å². The average Bonchev–Trinajstić information content (AvgIpc) is 3.02. The Kier molecular flexibility index (Phi) is 5.33. The quantitative estimate of drug-likeness (QED) is 0.877. The van der Waals surface area contributed by atoms with Gasteiger partial charge in [0.1, 0.15) is 0 Å². The van der Waals surface area contributed by atoms with Crippen LogP contribution in [0.2, 0.25) is 0 Å². The fourth-order valence-corrected chi connectivity index (χ4v) is 3.82. The summed E-state index contributed by atoms with van der Waals surface area (Å²) in [5.41, 5.74) is 2.07. The van der Waals surface area contributed by atoms with E-state index in [1.54, 1.807) is 4.90 Å². The van der Waals surface area contributed by atoms with Crippen molar-refractivity contribution in [2.45, 2.75) is 19.8 Å². The van der Waals surface area contributed by atoms with Gasteiger partial charge in [-0.05, 0) is 17.9 Å². The summed E-state index contributed by atoms with van der Waals surface area (Å²) >= 11 is 1.38. The highest BCUT2D eigenvalue weighted by atomic mass is 32.1. The van der Waals surface area contributed by atoms with Gasteiger partial charge in [-0.2, -0.15) is 0 Å². The molecule has 1 aromatic heterocycles. The summed E-state index contributed by atoms with van der Waals surface area (Å²) in [6.07, 6.45) is 1.33. The molecule has 2 atom stereocenters. The number of amides is 2. The lowest BCUT2D eigenvalue weighted by molar-refractivity contribution is -0.143. The summed E-state index contributed by atoms with van der Waals surface area (Å²) in [6.45, 7) is 2.78. The van der Waals surface area contributed by atoms with Gasteiger partial charge < -0.3 is 10.0 Å². The Balaban J connectivity index is 1.60. The first kappa shape index (κ1) is 17.4. The number of hydrogen-bond donors (Lipinski definition) is 2. The Hall–Kier alpha value is -2.41. The van der Waals surface area contributed by atoms with Crippen LogP contribution in [0.4, 0.5) is 9.93 Å². The smallest absolute Gasteiger partial charge is 0.323 e. The fraction of sp³-hybridized carbons (Fsp3) is 0.389. The number of piperidine rings is 1. The van der Waals surface area contributed by atoms with E-state index in [1.807, 2.05) is 42.6 Å². The van der Waals surface area contributed by atoms with Crippen LogP contribution in [-0.2, 0) is 11.2 Å². The number of benzene rings is 1. The minimum atomic E-state index is -0.844. The summed E-state index contributed by atoms with van der Waals surface area (Å²) in [7, 11) is 0. The molecule has 1 saturated heterocycles. The Morgan fingerprint density at radius 2 is 2.08 bits per heavy atom. The summed E-state index contributed by atoms with van der Waals surface area (Å²) < 4.78 is 0. The third kappa shape index (κ3) is 4.57. The molecule has 2 aromatic rings. The van der Waals surface area contributed by atoms with Crippen LogP contribution in [0, 0.1) is 11.8 Å². The van der Waals surface area contributed by atoms with E-state index in [9.17, 15) is 14.7 Å². The van der Waals surface area contributed by atoms with Gasteiger partial charge in [0.05, 0.1) is 11.6 Å². The fourth-order valence-electron chi connectivity index (χ4n) is 3.12. The molecule has 0 saturated carbocycles. The van der Waals surface area contributed by atoms with Gasteiger partial charge in [0, 0.05) is 24.9 Å². The van der Waals surface area contributed by atoms with Crippen molar-refractivity contribution in [3.63, 3.8) is 0 Å². The number of nitrogens with one attached hydrogen (secondary N) is 1. The lowest BCUT2D eigenvalue weighted by Gasteiger charge is -2.34. The molecule has 7 heteroatoms. The molecule has 2 N–H and O–H groups in total. The van der Waals surface area contributed by atoms with Crippen LogP contribution >= 0.6 is 11.3 Å². The molecule has 0 aliphatic carbocycles. The van der Waals surface area contributed by atoms with Gasteiger partial charge >= 0.3 is 12.0 Å². The number of carboxylic acid groups (broad SMARTS) is 1. The van der Waals surface area contributed by atoms with E-state index in [0.717, 1.165) is 12.1 Å². The number of nitrogens with zero attached hydrogens (tertiary/aromatic N) is 2. The van der Waals surface area contributed by atoms with Crippen LogP contribution < -0.4 is 5.32 Å². The summed E-state index contributed by atoms with van der Waals surface area (Å²) in [6, 6.07) is 9.75. The first-order valence-electron chi connectivity index (χ1n) is 8.28. The average molecular weight is 359 g/mol. The highest BCUT2D eigenvalue weighted by Gasteiger charge is 2.32. The SMILES string of the molecule is CC1CC(C(=O)O)CN(C(=O)Nc2nc(Cc3ccccc3)cs2)C1. The molecule has 2 amide bonds. The van der Waals surface area contributed by atoms with E-state index >= 15 is 0 Å². The van der Waals surface area contributed by atoms with E-state index in [1.165, 1.54) is 16.9 Å². The van der Waals surface area contributed by atoms with Crippen LogP contribution in [-0.4, -0.2) is 40.1 Å². The second-order valence-electron chi connectivity index (χ2n) is 6.52. The lowest BCUT2D eigenvalue weighted by atomic mass is 9.91. The first-order chi connectivity index (χ1) is 12.0. The number of urea groups is 1. The predicted molar refractivity (Wildman–Crippen MR) is 96.9 cm³/mol. The zero-order valence-corrected chi connectivity index (χ0v) is 14.8. The largest absolute Gasteiger partial charge is 0.481 e. The second kappa shape index (κ2) is 7.65. The van der Waals surface area contributed by atoms with Crippen molar-refractivity contribution in [3.05, 3.63) is 47.0 Å². The van der Waals surface area contributed by atoms with E-state index in [2.05, 4.69) is 10.3 Å². The number of thiazole rings is 1. The molecule has 0 radical (unpaired) electrons. The molecule has 132 valence electrons. The molecule has 1 aliphatic heterocycles. The van der Waals surface area contributed by atoms with Gasteiger partial charge in [0.15, 0.2) is 5.13 Å². The normalized spacial score (nSPS) is 20.3. The Morgan fingerprint density at radius 3 is 2.80 bits per heavy atom. The maximum Gasteiger partial charge on any atom is 0.323 e. The van der Waals surface area contributed by atoms with Crippen LogP contribution in [0.15, 0.2) is 35.7 Å². The number of aromatic nitrogens is 1. The Morgan fingerprint density at radius 1 is 1.32 bits per heavy atom. The lowest BCUT2D eigenvalue weighted by Crippen LogP contribution is -2.47. The van der Waals surface area contributed by atoms with E-state index < -0.39 is 11.9 Å². The van der Waals surface area contributed by atoms with Crippen molar-refractivity contribution in [3.8, 4) is 0 Å².